The zero-order valence-corrected chi connectivity index (χ0v) is 11.3. The van der Waals surface area contributed by atoms with Crippen LogP contribution in [0.4, 0.5) is 0 Å². The molecule has 1 N–H and O–H groups in total. The molecule has 1 aromatic rings. The molecule has 0 bridgehead atoms. The monoisotopic (exact) mass is 249 g/mol. The molecule has 1 aliphatic heterocycles. The van der Waals surface area contributed by atoms with Gasteiger partial charge in [0.15, 0.2) is 0 Å². The molecule has 92 valence electrons. The number of fused-ring (bicyclic) bond motifs is 2. The van der Waals surface area contributed by atoms with Crippen molar-refractivity contribution in [3.8, 4) is 5.75 Å². The number of hydrogen-bond donors (Lipinski definition) is 1. The third-order valence-electron chi connectivity index (χ3n) is 3.79. The van der Waals surface area contributed by atoms with Gasteiger partial charge in [0.05, 0.1) is 12.0 Å². The minimum absolute atomic E-state index is 0.154. The number of nitrogens with one attached hydrogen (secondary N) is 1. The lowest BCUT2D eigenvalue weighted by Gasteiger charge is -2.36. The van der Waals surface area contributed by atoms with Gasteiger partial charge in [-0.25, -0.2) is 0 Å². The second-order valence-corrected chi connectivity index (χ2v) is 6.38. The number of benzene rings is 1. The van der Waals surface area contributed by atoms with Crippen LogP contribution in [-0.4, -0.2) is 18.9 Å². The van der Waals surface area contributed by atoms with Crippen molar-refractivity contribution in [2.75, 3.05) is 12.9 Å². The summed E-state index contributed by atoms with van der Waals surface area (Å²) >= 11 is 2.07. The lowest BCUT2D eigenvalue weighted by molar-refractivity contribution is 0.394. The number of rotatable bonds is 1. The highest BCUT2D eigenvalue weighted by molar-refractivity contribution is 8.00. The number of thioether (sulfide) groups is 1. The molecule has 1 heterocycles. The standard InChI is InChI=1S/C14H19NOS/c1-10-9-17-14(15-10)7-3-4-11-5-6-12(16-2)8-13(11)14/h5-6,8,10,15H,3-4,7,9H2,1-2H3. The van der Waals surface area contributed by atoms with Crippen LogP contribution < -0.4 is 10.1 Å². The summed E-state index contributed by atoms with van der Waals surface area (Å²) < 4.78 is 5.37. The maximum absolute atomic E-state index is 5.37. The Labute approximate surface area is 107 Å². The van der Waals surface area contributed by atoms with E-state index in [0.29, 0.717) is 6.04 Å². The Bertz CT molecular complexity index is 434. The number of hydrogen-bond acceptors (Lipinski definition) is 3. The zero-order chi connectivity index (χ0) is 11.9. The highest BCUT2D eigenvalue weighted by Crippen LogP contribution is 2.48. The van der Waals surface area contributed by atoms with Crippen LogP contribution in [0.15, 0.2) is 18.2 Å². The fourth-order valence-corrected chi connectivity index (χ4v) is 4.52. The average Bonchev–Trinajstić information content (AvgIpc) is 2.72. The summed E-state index contributed by atoms with van der Waals surface area (Å²) in [5.41, 5.74) is 2.95. The highest BCUT2D eigenvalue weighted by Gasteiger charge is 2.42. The fraction of sp³-hybridized carbons (Fsp3) is 0.571. The van der Waals surface area contributed by atoms with E-state index in [1.54, 1.807) is 7.11 Å². The van der Waals surface area contributed by atoms with Crippen molar-refractivity contribution in [2.45, 2.75) is 37.1 Å². The minimum atomic E-state index is 0.154. The van der Waals surface area contributed by atoms with Gasteiger partial charge in [0.1, 0.15) is 5.75 Å². The van der Waals surface area contributed by atoms with Gasteiger partial charge in [0, 0.05) is 11.8 Å². The number of ether oxygens (including phenoxy) is 1. The van der Waals surface area contributed by atoms with Gasteiger partial charge in [-0.15, -0.1) is 11.8 Å². The van der Waals surface area contributed by atoms with E-state index in [4.69, 9.17) is 4.74 Å². The molecule has 3 heteroatoms. The van der Waals surface area contributed by atoms with E-state index in [1.165, 1.54) is 36.1 Å². The van der Waals surface area contributed by atoms with Gasteiger partial charge < -0.3 is 4.74 Å². The van der Waals surface area contributed by atoms with Crippen LogP contribution in [0.1, 0.15) is 30.9 Å². The van der Waals surface area contributed by atoms with Gasteiger partial charge in [0.25, 0.3) is 0 Å². The van der Waals surface area contributed by atoms with Gasteiger partial charge in [-0.05, 0) is 49.4 Å². The van der Waals surface area contributed by atoms with E-state index in [0.717, 1.165) is 5.75 Å². The predicted octanol–water partition coefficient (Wildman–Crippen LogP) is 2.91. The summed E-state index contributed by atoms with van der Waals surface area (Å²) in [5, 5.41) is 3.78. The maximum atomic E-state index is 5.37. The average molecular weight is 249 g/mol. The minimum Gasteiger partial charge on any atom is -0.497 e. The largest absolute Gasteiger partial charge is 0.497 e. The molecule has 2 aliphatic rings. The molecule has 17 heavy (non-hydrogen) atoms. The number of methoxy groups -OCH3 is 1. The Morgan fingerprint density at radius 2 is 2.35 bits per heavy atom. The van der Waals surface area contributed by atoms with E-state index in [-0.39, 0.29) is 4.87 Å². The van der Waals surface area contributed by atoms with Gasteiger partial charge in [-0.3, -0.25) is 5.32 Å². The van der Waals surface area contributed by atoms with Crippen molar-refractivity contribution in [1.82, 2.24) is 5.32 Å². The predicted molar refractivity (Wildman–Crippen MR) is 72.7 cm³/mol. The summed E-state index contributed by atoms with van der Waals surface area (Å²) in [6, 6.07) is 7.16. The Hall–Kier alpha value is -0.670. The molecule has 0 saturated carbocycles. The molecular formula is C14H19NOS. The van der Waals surface area contributed by atoms with Crippen LogP contribution in [0.5, 0.6) is 5.75 Å². The Balaban J connectivity index is 2.06. The molecule has 1 saturated heterocycles. The smallest absolute Gasteiger partial charge is 0.119 e. The van der Waals surface area contributed by atoms with Gasteiger partial charge >= 0.3 is 0 Å². The molecule has 1 aliphatic carbocycles. The number of aryl methyl sites for hydroxylation is 1. The van der Waals surface area contributed by atoms with Crippen molar-refractivity contribution in [1.29, 1.82) is 0 Å². The molecule has 0 amide bonds. The second-order valence-electron chi connectivity index (χ2n) is 5.06. The molecule has 1 fully saturated rings. The topological polar surface area (TPSA) is 21.3 Å². The summed E-state index contributed by atoms with van der Waals surface area (Å²) in [5.74, 6) is 2.18. The molecule has 2 unspecified atom stereocenters. The van der Waals surface area contributed by atoms with Crippen molar-refractivity contribution in [2.24, 2.45) is 0 Å². The third kappa shape index (κ3) is 1.85. The first-order valence-electron chi connectivity index (χ1n) is 6.32. The van der Waals surface area contributed by atoms with Gasteiger partial charge in [0.2, 0.25) is 0 Å². The lowest BCUT2D eigenvalue weighted by Crippen LogP contribution is -2.40. The molecular weight excluding hydrogens is 230 g/mol. The van der Waals surface area contributed by atoms with Crippen molar-refractivity contribution < 1.29 is 4.74 Å². The fourth-order valence-electron chi connectivity index (χ4n) is 2.99. The molecule has 2 atom stereocenters. The van der Waals surface area contributed by atoms with Crippen molar-refractivity contribution in [3.63, 3.8) is 0 Å². The van der Waals surface area contributed by atoms with E-state index in [2.05, 4.69) is 42.2 Å². The quantitative estimate of drug-likeness (QED) is 0.827. The third-order valence-corrected chi connectivity index (χ3v) is 5.49. The van der Waals surface area contributed by atoms with E-state index in [1.807, 2.05) is 0 Å². The highest BCUT2D eigenvalue weighted by atomic mass is 32.2. The van der Waals surface area contributed by atoms with E-state index in [9.17, 15) is 0 Å². The Morgan fingerprint density at radius 1 is 1.47 bits per heavy atom. The molecule has 1 aromatic carbocycles. The Kier molecular flexibility index (Phi) is 2.83. The van der Waals surface area contributed by atoms with Crippen LogP contribution in [0.25, 0.3) is 0 Å². The lowest BCUT2D eigenvalue weighted by atomic mass is 9.86. The summed E-state index contributed by atoms with van der Waals surface area (Å²) in [6.45, 7) is 2.27. The molecule has 3 rings (SSSR count). The van der Waals surface area contributed by atoms with Gasteiger partial charge in [-0.2, -0.15) is 0 Å². The SMILES string of the molecule is COc1ccc2c(c1)C1(CCC2)NC(C)CS1. The first-order chi connectivity index (χ1) is 8.23. The second kappa shape index (κ2) is 4.21. The first kappa shape index (κ1) is 11.4. The van der Waals surface area contributed by atoms with Crippen LogP contribution in [0.3, 0.4) is 0 Å². The summed E-state index contributed by atoms with van der Waals surface area (Å²) in [6.07, 6.45) is 3.73. The Morgan fingerprint density at radius 3 is 3.06 bits per heavy atom. The molecule has 1 spiro atoms. The first-order valence-corrected chi connectivity index (χ1v) is 7.31. The van der Waals surface area contributed by atoms with E-state index < -0.39 is 0 Å². The summed E-state index contributed by atoms with van der Waals surface area (Å²) in [4.78, 5) is 0.154. The van der Waals surface area contributed by atoms with Crippen LogP contribution in [-0.2, 0) is 11.3 Å². The van der Waals surface area contributed by atoms with Crippen LogP contribution >= 0.6 is 11.8 Å². The normalized spacial score (nSPS) is 31.5. The van der Waals surface area contributed by atoms with E-state index >= 15 is 0 Å². The van der Waals surface area contributed by atoms with Crippen molar-refractivity contribution >= 4 is 11.8 Å². The van der Waals surface area contributed by atoms with Crippen LogP contribution in [0, 0.1) is 0 Å². The molecule has 0 aromatic heterocycles. The zero-order valence-electron chi connectivity index (χ0n) is 10.5. The summed E-state index contributed by atoms with van der Waals surface area (Å²) in [7, 11) is 1.75. The van der Waals surface area contributed by atoms with Crippen molar-refractivity contribution in [3.05, 3.63) is 29.3 Å². The van der Waals surface area contributed by atoms with Gasteiger partial charge in [-0.1, -0.05) is 6.07 Å². The molecule has 0 radical (unpaired) electrons. The maximum Gasteiger partial charge on any atom is 0.119 e. The van der Waals surface area contributed by atoms with Crippen LogP contribution in [0.2, 0.25) is 0 Å². The molecule has 2 nitrogen and oxygen atoms in total.